The van der Waals surface area contributed by atoms with E-state index in [0.717, 1.165) is 6.42 Å². The zero-order valence-electron chi connectivity index (χ0n) is 10.7. The van der Waals surface area contributed by atoms with Gasteiger partial charge in [-0.3, -0.25) is 0 Å². The van der Waals surface area contributed by atoms with Crippen LogP contribution in [0.2, 0.25) is 0 Å². The van der Waals surface area contributed by atoms with Crippen LogP contribution in [0.3, 0.4) is 0 Å². The van der Waals surface area contributed by atoms with Crippen molar-refractivity contribution in [3.05, 3.63) is 69.7 Å². The van der Waals surface area contributed by atoms with Crippen molar-refractivity contribution >= 4 is 15.9 Å². The van der Waals surface area contributed by atoms with Crippen LogP contribution < -0.4 is 5.32 Å². The molecule has 0 amide bonds. The van der Waals surface area contributed by atoms with Crippen molar-refractivity contribution < 1.29 is 8.78 Å². The van der Waals surface area contributed by atoms with Gasteiger partial charge in [-0.25, -0.2) is 8.78 Å². The molecule has 1 N–H and O–H groups in total. The molecule has 0 aliphatic heterocycles. The Hall–Kier alpha value is -1.26. The first kappa shape index (κ1) is 13.7. The minimum absolute atomic E-state index is 0.0955. The van der Waals surface area contributed by atoms with E-state index in [4.69, 9.17) is 0 Å². The molecule has 2 unspecified atom stereocenters. The molecule has 1 nitrogen and oxygen atoms in total. The van der Waals surface area contributed by atoms with E-state index in [-0.39, 0.29) is 12.1 Å². The van der Waals surface area contributed by atoms with Crippen LogP contribution in [0, 0.1) is 11.6 Å². The molecule has 2 aromatic carbocycles. The minimum atomic E-state index is -0.519. The lowest BCUT2D eigenvalue weighted by atomic mass is 10.1. The van der Waals surface area contributed by atoms with Crippen molar-refractivity contribution in [3.63, 3.8) is 0 Å². The molecule has 0 bridgehead atoms. The highest BCUT2D eigenvalue weighted by Gasteiger charge is 2.37. The Kier molecular flexibility index (Phi) is 3.85. The molecule has 20 heavy (non-hydrogen) atoms. The summed E-state index contributed by atoms with van der Waals surface area (Å²) in [5.74, 6) is -0.570. The van der Waals surface area contributed by atoms with Crippen molar-refractivity contribution in [1.29, 1.82) is 0 Å². The van der Waals surface area contributed by atoms with Crippen molar-refractivity contribution in [2.45, 2.75) is 24.9 Å². The van der Waals surface area contributed by atoms with Gasteiger partial charge in [0.2, 0.25) is 0 Å². The second-order valence-electron chi connectivity index (χ2n) is 5.06. The lowest BCUT2D eigenvalue weighted by Crippen LogP contribution is -2.19. The number of benzene rings is 2. The van der Waals surface area contributed by atoms with Crippen LogP contribution in [0.1, 0.15) is 23.5 Å². The van der Waals surface area contributed by atoms with Gasteiger partial charge in [-0.1, -0.05) is 30.3 Å². The second kappa shape index (κ2) is 5.62. The van der Waals surface area contributed by atoms with Crippen LogP contribution >= 0.6 is 15.9 Å². The van der Waals surface area contributed by atoms with E-state index in [1.807, 2.05) is 18.2 Å². The van der Waals surface area contributed by atoms with Gasteiger partial charge in [-0.05, 0) is 40.0 Å². The number of rotatable bonds is 4. The fourth-order valence-electron chi connectivity index (χ4n) is 2.45. The van der Waals surface area contributed by atoms with E-state index in [9.17, 15) is 8.78 Å². The maximum atomic E-state index is 13.8. The first-order valence-electron chi connectivity index (χ1n) is 6.57. The van der Waals surface area contributed by atoms with Gasteiger partial charge in [0.15, 0.2) is 0 Å². The molecule has 0 radical (unpaired) electrons. The van der Waals surface area contributed by atoms with Gasteiger partial charge in [0.1, 0.15) is 11.6 Å². The quantitative estimate of drug-likeness (QED) is 0.816. The molecule has 0 heterocycles. The fourth-order valence-corrected chi connectivity index (χ4v) is 2.82. The summed E-state index contributed by atoms with van der Waals surface area (Å²) in [5, 5.41) is 3.23. The van der Waals surface area contributed by atoms with Crippen molar-refractivity contribution in [2.24, 2.45) is 0 Å². The lowest BCUT2D eigenvalue weighted by Gasteiger charge is -2.08. The summed E-state index contributed by atoms with van der Waals surface area (Å²) in [4.78, 5) is 0. The molecular weight excluding hydrogens is 324 g/mol. The Labute approximate surface area is 125 Å². The van der Waals surface area contributed by atoms with Crippen LogP contribution in [-0.4, -0.2) is 6.04 Å². The summed E-state index contributed by atoms with van der Waals surface area (Å²) in [7, 11) is 0. The summed E-state index contributed by atoms with van der Waals surface area (Å²) in [6.45, 7) is 0.213. The Morgan fingerprint density at radius 1 is 1.10 bits per heavy atom. The van der Waals surface area contributed by atoms with Gasteiger partial charge in [-0.2, -0.15) is 0 Å². The first-order chi connectivity index (χ1) is 9.66. The molecule has 1 fully saturated rings. The maximum Gasteiger partial charge on any atom is 0.144 e. The average molecular weight is 338 g/mol. The zero-order valence-corrected chi connectivity index (χ0v) is 12.3. The van der Waals surface area contributed by atoms with E-state index in [1.54, 1.807) is 0 Å². The second-order valence-corrected chi connectivity index (χ2v) is 5.92. The van der Waals surface area contributed by atoms with E-state index < -0.39 is 11.6 Å². The maximum absolute atomic E-state index is 13.8. The summed E-state index contributed by atoms with van der Waals surface area (Å²) >= 11 is 3.08. The van der Waals surface area contributed by atoms with Crippen molar-refractivity contribution in [3.8, 4) is 0 Å². The molecule has 0 spiro atoms. The van der Waals surface area contributed by atoms with Crippen LogP contribution in [0.5, 0.6) is 0 Å². The predicted molar refractivity (Wildman–Crippen MR) is 78.5 cm³/mol. The SMILES string of the molecule is Fc1ccc(Br)c(F)c1CNC1CC1c1ccccc1. The average Bonchev–Trinajstić information content (AvgIpc) is 3.24. The molecule has 104 valence electrons. The zero-order chi connectivity index (χ0) is 14.1. The van der Waals surface area contributed by atoms with E-state index >= 15 is 0 Å². The van der Waals surface area contributed by atoms with E-state index in [1.165, 1.54) is 17.7 Å². The Morgan fingerprint density at radius 2 is 1.85 bits per heavy atom. The number of nitrogens with one attached hydrogen (secondary N) is 1. The molecule has 0 aromatic heterocycles. The monoisotopic (exact) mass is 337 g/mol. The van der Waals surface area contributed by atoms with Crippen LogP contribution in [-0.2, 0) is 6.54 Å². The lowest BCUT2D eigenvalue weighted by molar-refractivity contribution is 0.529. The molecule has 2 aromatic rings. The summed E-state index contributed by atoms with van der Waals surface area (Å²) in [5.41, 5.74) is 1.37. The normalized spacial score (nSPS) is 20.9. The fraction of sp³-hybridized carbons (Fsp3) is 0.250. The summed E-state index contributed by atoms with van der Waals surface area (Å²) in [6.07, 6.45) is 1.02. The molecular formula is C16H14BrF2N. The number of hydrogen-bond acceptors (Lipinski definition) is 1. The highest BCUT2D eigenvalue weighted by Crippen LogP contribution is 2.40. The summed E-state index contributed by atoms with van der Waals surface area (Å²) < 4.78 is 27.7. The van der Waals surface area contributed by atoms with Gasteiger partial charge in [-0.15, -0.1) is 0 Å². The smallest absolute Gasteiger partial charge is 0.144 e. The van der Waals surface area contributed by atoms with Crippen molar-refractivity contribution in [2.75, 3.05) is 0 Å². The molecule has 0 saturated heterocycles. The van der Waals surface area contributed by atoms with Crippen LogP contribution in [0.25, 0.3) is 0 Å². The Balaban J connectivity index is 1.64. The molecule has 1 aliphatic rings. The number of halogens is 3. The van der Waals surface area contributed by atoms with Gasteiger partial charge in [0, 0.05) is 24.1 Å². The standard InChI is InChI=1S/C16H14BrF2N/c17-13-6-7-14(18)12(16(13)19)9-20-15-8-11(15)10-4-2-1-3-5-10/h1-7,11,15,20H,8-9H2. The third-order valence-electron chi connectivity index (χ3n) is 3.70. The number of hydrogen-bond donors (Lipinski definition) is 1. The Bertz CT molecular complexity index is 615. The Morgan fingerprint density at radius 3 is 2.60 bits per heavy atom. The topological polar surface area (TPSA) is 12.0 Å². The van der Waals surface area contributed by atoms with Gasteiger partial charge in [0.05, 0.1) is 4.47 Å². The van der Waals surface area contributed by atoms with Crippen LogP contribution in [0.15, 0.2) is 46.9 Å². The largest absolute Gasteiger partial charge is 0.309 e. The molecule has 2 atom stereocenters. The minimum Gasteiger partial charge on any atom is -0.309 e. The third kappa shape index (κ3) is 2.76. The molecule has 1 aliphatic carbocycles. The highest BCUT2D eigenvalue weighted by atomic mass is 79.9. The molecule has 1 saturated carbocycles. The highest BCUT2D eigenvalue weighted by molar-refractivity contribution is 9.10. The third-order valence-corrected chi connectivity index (χ3v) is 4.31. The van der Waals surface area contributed by atoms with Crippen molar-refractivity contribution in [1.82, 2.24) is 5.32 Å². The van der Waals surface area contributed by atoms with Gasteiger partial charge in [0.25, 0.3) is 0 Å². The predicted octanol–water partition coefficient (Wildman–Crippen LogP) is 4.37. The summed E-state index contributed by atoms with van der Waals surface area (Å²) in [6, 6.07) is 13.2. The molecule has 4 heteroatoms. The van der Waals surface area contributed by atoms with Crippen LogP contribution in [0.4, 0.5) is 8.78 Å². The molecule has 3 rings (SSSR count). The van der Waals surface area contributed by atoms with E-state index in [0.29, 0.717) is 16.4 Å². The van der Waals surface area contributed by atoms with E-state index in [2.05, 4.69) is 33.4 Å². The first-order valence-corrected chi connectivity index (χ1v) is 7.37. The van der Waals surface area contributed by atoms with Gasteiger partial charge < -0.3 is 5.32 Å². The van der Waals surface area contributed by atoms with Gasteiger partial charge >= 0.3 is 0 Å².